The van der Waals surface area contributed by atoms with E-state index in [9.17, 15) is 23.2 Å². The predicted molar refractivity (Wildman–Crippen MR) is 116 cm³/mol. The van der Waals surface area contributed by atoms with E-state index in [1.54, 1.807) is 11.3 Å². The quantitative estimate of drug-likeness (QED) is 0.567. The minimum Gasteiger partial charge on any atom is -0.452 e. The van der Waals surface area contributed by atoms with Crippen LogP contribution in [0.4, 0.5) is 14.5 Å². The van der Waals surface area contributed by atoms with E-state index in [1.807, 2.05) is 0 Å². The van der Waals surface area contributed by atoms with Crippen LogP contribution >= 0.6 is 11.3 Å². The van der Waals surface area contributed by atoms with E-state index in [4.69, 9.17) is 4.74 Å². The number of carbonyl (C=O) groups excluding carboxylic acids is 2. The molecule has 1 aliphatic rings. The Morgan fingerprint density at radius 3 is 2.72 bits per heavy atom. The molecule has 0 saturated heterocycles. The second-order valence-electron chi connectivity index (χ2n) is 7.60. The van der Waals surface area contributed by atoms with Gasteiger partial charge in [0, 0.05) is 11.4 Å². The van der Waals surface area contributed by atoms with Crippen LogP contribution in [0.25, 0.3) is 10.2 Å². The fraction of sp³-hybridized carbons (Fsp3) is 0.364. The molecule has 7 nitrogen and oxygen atoms in total. The highest BCUT2D eigenvalue weighted by molar-refractivity contribution is 7.18. The van der Waals surface area contributed by atoms with E-state index in [0.717, 1.165) is 43.4 Å². The molecule has 0 spiro atoms. The van der Waals surface area contributed by atoms with Crippen molar-refractivity contribution in [2.24, 2.45) is 0 Å². The summed E-state index contributed by atoms with van der Waals surface area (Å²) in [6.45, 7) is 1.34. The van der Waals surface area contributed by atoms with Crippen LogP contribution in [0, 0.1) is 11.6 Å². The average Bonchev–Trinajstić information content (AvgIpc) is 3.15. The van der Waals surface area contributed by atoms with Gasteiger partial charge in [-0.2, -0.15) is 0 Å². The van der Waals surface area contributed by atoms with E-state index >= 15 is 0 Å². The van der Waals surface area contributed by atoms with Gasteiger partial charge >= 0.3 is 5.97 Å². The summed E-state index contributed by atoms with van der Waals surface area (Å²) >= 11 is 1.55. The Morgan fingerprint density at radius 2 is 1.97 bits per heavy atom. The number of thiophene rings is 1. The highest BCUT2D eigenvalue weighted by Crippen LogP contribution is 2.33. The number of halogens is 2. The van der Waals surface area contributed by atoms with Crippen LogP contribution < -0.4 is 10.9 Å². The number of anilines is 1. The third kappa shape index (κ3) is 4.40. The zero-order valence-electron chi connectivity index (χ0n) is 17.3. The van der Waals surface area contributed by atoms with Crippen LogP contribution in [-0.4, -0.2) is 27.5 Å². The van der Waals surface area contributed by atoms with Crippen molar-refractivity contribution >= 4 is 39.1 Å². The van der Waals surface area contributed by atoms with Gasteiger partial charge < -0.3 is 10.1 Å². The van der Waals surface area contributed by atoms with E-state index < -0.39 is 35.3 Å². The number of nitrogens with one attached hydrogen (secondary N) is 1. The molecular weight excluding hydrogens is 440 g/mol. The molecule has 10 heteroatoms. The van der Waals surface area contributed by atoms with Crippen molar-refractivity contribution in [1.82, 2.24) is 9.55 Å². The summed E-state index contributed by atoms with van der Waals surface area (Å²) in [6.07, 6.45) is 3.93. The lowest BCUT2D eigenvalue weighted by Gasteiger charge is -2.14. The van der Waals surface area contributed by atoms with Gasteiger partial charge in [-0.1, -0.05) is 6.07 Å². The van der Waals surface area contributed by atoms with Crippen molar-refractivity contribution in [3.05, 3.63) is 57.0 Å². The number of hydrogen-bond donors (Lipinski definition) is 1. The molecule has 0 saturated carbocycles. The summed E-state index contributed by atoms with van der Waals surface area (Å²) in [4.78, 5) is 43.5. The Bertz CT molecular complexity index is 1230. The molecule has 1 atom stereocenters. The number of hydrogen-bond acceptors (Lipinski definition) is 6. The van der Waals surface area contributed by atoms with E-state index in [0.29, 0.717) is 10.2 Å². The number of para-hydroxylation sites is 1. The minimum atomic E-state index is -1.28. The molecule has 1 amide bonds. The summed E-state index contributed by atoms with van der Waals surface area (Å²) in [5.41, 5.74) is 0.268. The van der Waals surface area contributed by atoms with Gasteiger partial charge in [0.25, 0.3) is 11.5 Å². The zero-order valence-corrected chi connectivity index (χ0v) is 18.1. The van der Waals surface area contributed by atoms with Gasteiger partial charge in [-0.25, -0.2) is 13.8 Å². The maximum Gasteiger partial charge on any atom is 0.308 e. The van der Waals surface area contributed by atoms with Gasteiger partial charge in [-0.15, -0.1) is 11.3 Å². The highest BCUT2D eigenvalue weighted by Gasteiger charge is 2.22. The summed E-state index contributed by atoms with van der Waals surface area (Å²) in [7, 11) is 0. The standard InChI is InChI=1S/C22H21F2N3O4S/c1-12(20(29)26-19-14(23)6-4-7-15(19)24)31-17(28)9-10-27-11-25-21-18(22(27)30)13-5-2-3-8-16(13)32-21/h4,6-7,11-12H,2-3,5,8-10H2,1H3,(H,26,29). The first-order valence-electron chi connectivity index (χ1n) is 10.3. The molecule has 0 radical (unpaired) electrons. The Morgan fingerprint density at radius 1 is 1.25 bits per heavy atom. The van der Waals surface area contributed by atoms with E-state index in [1.165, 1.54) is 28.8 Å². The van der Waals surface area contributed by atoms with Crippen molar-refractivity contribution in [3.8, 4) is 0 Å². The molecule has 1 N–H and O–H groups in total. The Kier molecular flexibility index (Phi) is 6.31. The molecule has 2 heterocycles. The number of benzene rings is 1. The number of esters is 1. The average molecular weight is 461 g/mol. The number of ether oxygens (including phenoxy) is 1. The molecule has 4 rings (SSSR count). The second kappa shape index (κ2) is 9.15. The Hall–Kier alpha value is -3.14. The molecule has 2 aromatic heterocycles. The molecule has 0 fully saturated rings. The zero-order chi connectivity index (χ0) is 22.8. The molecular formula is C22H21F2N3O4S. The fourth-order valence-electron chi connectivity index (χ4n) is 3.70. The summed E-state index contributed by atoms with van der Waals surface area (Å²) in [5, 5.41) is 2.71. The van der Waals surface area contributed by atoms with Gasteiger partial charge in [-0.3, -0.25) is 19.0 Å². The van der Waals surface area contributed by atoms with Crippen LogP contribution in [0.5, 0.6) is 0 Å². The number of fused-ring (bicyclic) bond motifs is 3. The lowest BCUT2D eigenvalue weighted by molar-refractivity contribution is -0.153. The summed E-state index contributed by atoms with van der Waals surface area (Å²) in [6, 6.07) is 3.18. The normalized spacial score (nSPS) is 14.1. The van der Waals surface area contributed by atoms with Crippen LogP contribution in [0.3, 0.4) is 0 Å². The topological polar surface area (TPSA) is 90.3 Å². The summed E-state index contributed by atoms with van der Waals surface area (Å²) < 4.78 is 33.8. The van der Waals surface area contributed by atoms with Crippen LogP contribution in [0.2, 0.25) is 0 Å². The second-order valence-corrected chi connectivity index (χ2v) is 8.69. The van der Waals surface area contributed by atoms with Gasteiger partial charge in [0.15, 0.2) is 6.10 Å². The molecule has 1 aromatic carbocycles. The smallest absolute Gasteiger partial charge is 0.308 e. The van der Waals surface area contributed by atoms with Crippen molar-refractivity contribution < 1.29 is 23.1 Å². The number of amides is 1. The summed E-state index contributed by atoms with van der Waals surface area (Å²) in [5.74, 6) is -3.46. The molecule has 0 bridgehead atoms. The van der Waals surface area contributed by atoms with Crippen LogP contribution in [0.1, 0.15) is 36.6 Å². The maximum absolute atomic E-state index is 13.7. The fourth-order valence-corrected chi connectivity index (χ4v) is 4.92. The first-order valence-corrected chi connectivity index (χ1v) is 11.1. The Balaban J connectivity index is 1.38. The number of rotatable bonds is 6. The monoisotopic (exact) mass is 461 g/mol. The maximum atomic E-state index is 13.7. The number of aromatic nitrogens is 2. The third-order valence-corrected chi connectivity index (χ3v) is 6.59. The van der Waals surface area contributed by atoms with Crippen molar-refractivity contribution in [1.29, 1.82) is 0 Å². The molecule has 1 unspecified atom stereocenters. The van der Waals surface area contributed by atoms with Gasteiger partial charge in [0.1, 0.15) is 22.2 Å². The number of aryl methyl sites for hydroxylation is 3. The minimum absolute atomic E-state index is 0.0432. The molecule has 0 aliphatic heterocycles. The van der Waals surface area contributed by atoms with Crippen molar-refractivity contribution in [2.75, 3.05) is 5.32 Å². The first kappa shape index (κ1) is 22.1. The van der Waals surface area contributed by atoms with Crippen molar-refractivity contribution in [3.63, 3.8) is 0 Å². The van der Waals surface area contributed by atoms with E-state index in [2.05, 4.69) is 10.3 Å². The number of carbonyl (C=O) groups is 2. The lowest BCUT2D eigenvalue weighted by Crippen LogP contribution is -2.31. The van der Waals surface area contributed by atoms with Gasteiger partial charge in [-0.05, 0) is 50.3 Å². The molecule has 1 aliphatic carbocycles. The SMILES string of the molecule is CC(OC(=O)CCn1cnc2sc3c(c2c1=O)CCCC3)C(=O)Nc1c(F)cccc1F. The molecule has 168 valence electrons. The van der Waals surface area contributed by atoms with Gasteiger partial charge in [0.05, 0.1) is 18.1 Å². The predicted octanol–water partition coefficient (Wildman–Crippen LogP) is 3.58. The molecule has 32 heavy (non-hydrogen) atoms. The lowest BCUT2D eigenvalue weighted by atomic mass is 9.97. The molecule has 3 aromatic rings. The highest BCUT2D eigenvalue weighted by atomic mass is 32.1. The number of nitrogens with zero attached hydrogens (tertiary/aromatic N) is 2. The van der Waals surface area contributed by atoms with Crippen LogP contribution in [-0.2, 0) is 33.7 Å². The van der Waals surface area contributed by atoms with Crippen LogP contribution in [0.15, 0.2) is 29.3 Å². The van der Waals surface area contributed by atoms with Gasteiger partial charge in [0.2, 0.25) is 0 Å². The largest absolute Gasteiger partial charge is 0.452 e. The van der Waals surface area contributed by atoms with Crippen molar-refractivity contribution in [2.45, 2.75) is 51.7 Å². The van der Waals surface area contributed by atoms with E-state index in [-0.39, 0.29) is 18.5 Å². The Labute approximate surface area is 186 Å². The first-order chi connectivity index (χ1) is 15.3. The third-order valence-electron chi connectivity index (χ3n) is 5.39.